The van der Waals surface area contributed by atoms with E-state index in [1.54, 1.807) is 6.26 Å². The van der Waals surface area contributed by atoms with E-state index in [-0.39, 0.29) is 0 Å². The minimum absolute atomic E-state index is 0.772. The van der Waals surface area contributed by atoms with Gasteiger partial charge in [-0.2, -0.15) is 0 Å². The Bertz CT molecular complexity index is 462. The number of rotatable bonds is 1. The molecule has 0 aromatic heterocycles. The van der Waals surface area contributed by atoms with E-state index in [0.717, 1.165) is 13.1 Å². The maximum atomic E-state index is 11.8. The maximum absolute atomic E-state index is 11.8. The minimum Gasteiger partial charge on any atom is -0.253 e. The summed E-state index contributed by atoms with van der Waals surface area (Å²) in [4.78, 5) is 0. The smallest absolute Gasteiger partial charge is 0.0364 e. The summed E-state index contributed by atoms with van der Waals surface area (Å²) in [6.45, 7) is 3.63. The second-order valence-corrected chi connectivity index (χ2v) is 6.46. The summed E-state index contributed by atoms with van der Waals surface area (Å²) in [6, 6.07) is 6.39. The molecule has 1 aromatic carbocycles. The summed E-state index contributed by atoms with van der Waals surface area (Å²) in [7, 11) is -2.05. The van der Waals surface area contributed by atoms with E-state index in [2.05, 4.69) is 31.0 Å². The summed E-state index contributed by atoms with van der Waals surface area (Å²) in [5.41, 5.74) is 3.84. The quantitative estimate of drug-likeness (QED) is 0.643. The Labute approximate surface area is 85.7 Å². The molecule has 3 heteroatoms. The summed E-state index contributed by atoms with van der Waals surface area (Å²) < 4.78 is 13.7. The number of nitrogens with zero attached hydrogens (tertiary/aromatic N) is 1. The van der Waals surface area contributed by atoms with Crippen molar-refractivity contribution in [1.29, 1.82) is 0 Å². The van der Waals surface area contributed by atoms with Crippen molar-refractivity contribution in [2.45, 2.75) is 20.0 Å². The van der Waals surface area contributed by atoms with Gasteiger partial charge in [0.15, 0.2) is 0 Å². The molecule has 0 N–H and O–H groups in total. The van der Waals surface area contributed by atoms with Crippen molar-refractivity contribution in [2.24, 2.45) is 0 Å². The van der Waals surface area contributed by atoms with Gasteiger partial charge in [0.2, 0.25) is 0 Å². The first-order chi connectivity index (χ1) is 6.47. The van der Waals surface area contributed by atoms with Crippen molar-refractivity contribution >= 4 is 15.6 Å². The largest absolute Gasteiger partial charge is 0.253 e. The SMILES string of the molecule is C=S(C)(=O)N1Cc2ccc(C)cc2C1. The van der Waals surface area contributed by atoms with Crippen LogP contribution in [0.4, 0.5) is 0 Å². The topological polar surface area (TPSA) is 20.3 Å². The molecule has 0 spiro atoms. The third-order valence-electron chi connectivity index (χ3n) is 2.60. The molecule has 1 aliphatic heterocycles. The van der Waals surface area contributed by atoms with Gasteiger partial charge in [0.05, 0.1) is 0 Å². The average Bonchev–Trinajstić information content (AvgIpc) is 2.45. The molecule has 2 nitrogen and oxygen atoms in total. The second-order valence-electron chi connectivity index (χ2n) is 4.03. The van der Waals surface area contributed by atoms with Crippen molar-refractivity contribution in [3.63, 3.8) is 0 Å². The summed E-state index contributed by atoms with van der Waals surface area (Å²) in [5, 5.41) is 0. The summed E-state index contributed by atoms with van der Waals surface area (Å²) in [6.07, 6.45) is 1.70. The lowest BCUT2D eigenvalue weighted by Gasteiger charge is -2.15. The third kappa shape index (κ3) is 1.70. The van der Waals surface area contributed by atoms with Crippen LogP contribution in [0.25, 0.3) is 0 Å². The molecule has 0 saturated heterocycles. The van der Waals surface area contributed by atoms with Gasteiger partial charge in [-0.1, -0.05) is 23.8 Å². The first-order valence-electron chi connectivity index (χ1n) is 4.62. The lowest BCUT2D eigenvalue weighted by molar-refractivity contribution is 0.475. The van der Waals surface area contributed by atoms with E-state index < -0.39 is 9.71 Å². The fraction of sp³-hybridized carbons (Fsp3) is 0.364. The van der Waals surface area contributed by atoms with Gasteiger partial charge >= 0.3 is 0 Å². The lowest BCUT2D eigenvalue weighted by Crippen LogP contribution is -2.23. The van der Waals surface area contributed by atoms with Crippen LogP contribution < -0.4 is 0 Å². The standard InChI is InChI=1S/C11H15NOS/c1-9-4-5-10-7-12(14(2,3)13)8-11(10)6-9/h4-6H,2,7-8H2,1,3H3. The highest BCUT2D eigenvalue weighted by Crippen LogP contribution is 2.25. The van der Waals surface area contributed by atoms with E-state index in [9.17, 15) is 4.21 Å². The molecule has 0 radical (unpaired) electrons. The summed E-state index contributed by atoms with van der Waals surface area (Å²) >= 11 is 0. The van der Waals surface area contributed by atoms with Gasteiger partial charge in [0.25, 0.3) is 0 Å². The maximum Gasteiger partial charge on any atom is 0.0364 e. The molecule has 1 atom stereocenters. The van der Waals surface area contributed by atoms with E-state index >= 15 is 0 Å². The predicted molar refractivity (Wildman–Crippen MR) is 61.6 cm³/mol. The fourth-order valence-electron chi connectivity index (χ4n) is 1.77. The molecule has 0 bridgehead atoms. The molecule has 2 rings (SSSR count). The Hall–Kier alpha value is -0.800. The predicted octanol–water partition coefficient (Wildman–Crippen LogP) is 1.57. The Balaban J connectivity index is 2.35. The zero-order valence-corrected chi connectivity index (χ0v) is 9.43. The van der Waals surface area contributed by atoms with E-state index in [1.165, 1.54) is 16.7 Å². The summed E-state index contributed by atoms with van der Waals surface area (Å²) in [5.74, 6) is 3.71. The Kier molecular flexibility index (Phi) is 2.16. The molecule has 76 valence electrons. The average molecular weight is 209 g/mol. The van der Waals surface area contributed by atoms with Crippen LogP contribution in [0.15, 0.2) is 18.2 Å². The van der Waals surface area contributed by atoms with Crippen LogP contribution in [0.2, 0.25) is 0 Å². The number of hydrogen-bond acceptors (Lipinski definition) is 1. The Morgan fingerprint density at radius 1 is 1.36 bits per heavy atom. The van der Waals surface area contributed by atoms with Crippen LogP contribution in [0.1, 0.15) is 16.7 Å². The molecular formula is C11H15NOS. The molecule has 0 saturated carbocycles. The Morgan fingerprint density at radius 2 is 2.00 bits per heavy atom. The second kappa shape index (κ2) is 3.11. The van der Waals surface area contributed by atoms with Gasteiger partial charge in [-0.15, -0.1) is 0 Å². The molecule has 0 aliphatic carbocycles. The Morgan fingerprint density at radius 3 is 2.64 bits per heavy atom. The number of fused-ring (bicyclic) bond motifs is 1. The molecule has 1 aromatic rings. The highest BCUT2D eigenvalue weighted by molar-refractivity contribution is 7.97. The molecule has 1 unspecified atom stereocenters. The third-order valence-corrected chi connectivity index (χ3v) is 3.95. The molecule has 0 amide bonds. The molecule has 1 aliphatic rings. The molecule has 1 heterocycles. The normalized spacial score (nSPS) is 20.4. The van der Waals surface area contributed by atoms with Gasteiger partial charge in [-0.3, -0.25) is 4.21 Å². The zero-order valence-electron chi connectivity index (χ0n) is 8.62. The van der Waals surface area contributed by atoms with Crippen LogP contribution in [0.3, 0.4) is 0 Å². The lowest BCUT2D eigenvalue weighted by atomic mass is 10.1. The zero-order chi connectivity index (χ0) is 10.3. The van der Waals surface area contributed by atoms with Crippen molar-refractivity contribution in [1.82, 2.24) is 4.31 Å². The van der Waals surface area contributed by atoms with Crippen LogP contribution in [-0.4, -0.2) is 20.6 Å². The molecule has 0 fully saturated rings. The number of aryl methyl sites for hydroxylation is 1. The first-order valence-corrected chi connectivity index (χ1v) is 6.72. The van der Waals surface area contributed by atoms with Gasteiger partial charge in [0, 0.05) is 29.1 Å². The van der Waals surface area contributed by atoms with E-state index in [1.807, 2.05) is 4.31 Å². The van der Waals surface area contributed by atoms with Crippen molar-refractivity contribution in [3.8, 4) is 0 Å². The van der Waals surface area contributed by atoms with Crippen molar-refractivity contribution in [2.75, 3.05) is 6.26 Å². The highest BCUT2D eigenvalue weighted by Gasteiger charge is 2.22. The van der Waals surface area contributed by atoms with Crippen molar-refractivity contribution in [3.05, 3.63) is 34.9 Å². The van der Waals surface area contributed by atoms with Gasteiger partial charge in [-0.25, -0.2) is 4.31 Å². The van der Waals surface area contributed by atoms with Crippen molar-refractivity contribution < 1.29 is 4.21 Å². The van der Waals surface area contributed by atoms with Crippen LogP contribution in [-0.2, 0) is 22.8 Å². The van der Waals surface area contributed by atoms with Crippen LogP contribution in [0, 0.1) is 6.92 Å². The van der Waals surface area contributed by atoms with E-state index in [4.69, 9.17) is 0 Å². The fourth-order valence-corrected chi connectivity index (χ4v) is 2.59. The van der Waals surface area contributed by atoms with Gasteiger partial charge < -0.3 is 0 Å². The van der Waals surface area contributed by atoms with Gasteiger partial charge in [-0.05, 0) is 23.9 Å². The van der Waals surface area contributed by atoms with Crippen LogP contribution in [0.5, 0.6) is 0 Å². The minimum atomic E-state index is -2.05. The molecule has 14 heavy (non-hydrogen) atoms. The number of hydrogen-bond donors (Lipinski definition) is 0. The monoisotopic (exact) mass is 209 g/mol. The highest BCUT2D eigenvalue weighted by atomic mass is 32.2. The number of benzene rings is 1. The molecular weight excluding hydrogens is 194 g/mol. The first kappa shape index (κ1) is 9.74. The van der Waals surface area contributed by atoms with Crippen LogP contribution >= 0.6 is 0 Å². The van der Waals surface area contributed by atoms with E-state index in [0.29, 0.717) is 0 Å². The van der Waals surface area contributed by atoms with Gasteiger partial charge in [0.1, 0.15) is 0 Å².